The number of rotatable bonds is 5. The van der Waals surface area contributed by atoms with E-state index in [-0.39, 0.29) is 11.9 Å². The highest BCUT2D eigenvalue weighted by Crippen LogP contribution is 2.40. The van der Waals surface area contributed by atoms with Gasteiger partial charge in [-0.1, -0.05) is 24.3 Å². The number of benzene rings is 1. The van der Waals surface area contributed by atoms with E-state index in [2.05, 4.69) is 31.2 Å². The lowest BCUT2D eigenvalue weighted by Gasteiger charge is -2.16. The Bertz CT molecular complexity index is 515. The second-order valence-corrected chi connectivity index (χ2v) is 7.37. The van der Waals surface area contributed by atoms with Gasteiger partial charge < -0.3 is 10.6 Å². The first-order valence-corrected chi connectivity index (χ1v) is 8.96. The molecule has 2 aliphatic rings. The highest BCUT2D eigenvalue weighted by atomic mass is 32.2. The van der Waals surface area contributed by atoms with Gasteiger partial charge in [0, 0.05) is 24.9 Å². The molecule has 1 saturated carbocycles. The van der Waals surface area contributed by atoms with Crippen LogP contribution in [0.4, 0.5) is 0 Å². The number of hydrogen-bond acceptors (Lipinski definition) is 3. The van der Waals surface area contributed by atoms with Crippen LogP contribution in [0, 0.1) is 18.8 Å². The van der Waals surface area contributed by atoms with Crippen molar-refractivity contribution in [1.29, 1.82) is 0 Å². The van der Waals surface area contributed by atoms with Crippen molar-refractivity contribution in [1.82, 2.24) is 4.90 Å². The molecule has 0 aromatic heterocycles. The van der Waals surface area contributed by atoms with Crippen molar-refractivity contribution < 1.29 is 4.79 Å². The maximum Gasteiger partial charge on any atom is 0.232 e. The van der Waals surface area contributed by atoms with Gasteiger partial charge in [-0.2, -0.15) is 0 Å². The molecule has 2 atom stereocenters. The van der Waals surface area contributed by atoms with Gasteiger partial charge >= 0.3 is 0 Å². The topological polar surface area (TPSA) is 46.3 Å². The number of carbonyl (C=O) groups excluding carboxylic acids is 1. The summed E-state index contributed by atoms with van der Waals surface area (Å²) < 4.78 is 0. The summed E-state index contributed by atoms with van der Waals surface area (Å²) in [4.78, 5) is 14.3. The number of amides is 1. The largest absolute Gasteiger partial charge is 0.340 e. The maximum atomic E-state index is 12.3. The molecule has 21 heavy (non-hydrogen) atoms. The minimum absolute atomic E-state index is 0.197. The van der Waals surface area contributed by atoms with Crippen molar-refractivity contribution in [2.75, 3.05) is 18.8 Å². The second-order valence-electron chi connectivity index (χ2n) is 6.38. The average molecular weight is 304 g/mol. The third-order valence-electron chi connectivity index (χ3n) is 4.74. The molecule has 1 aromatic rings. The molecular weight excluding hydrogens is 280 g/mol. The summed E-state index contributed by atoms with van der Waals surface area (Å²) in [6.07, 6.45) is 2.62. The standard InChI is InChI=1S/C17H24N2OS/c1-12-4-2-3-5-14(12)10-21-11-17(20)19-8-15(13-6-7-13)16(18)9-19/h2-5,13,15-16H,6-11,18H2,1H3. The average Bonchev–Trinajstić information content (AvgIpc) is 3.23. The minimum Gasteiger partial charge on any atom is -0.340 e. The minimum atomic E-state index is 0.197. The normalized spacial score (nSPS) is 25.3. The predicted molar refractivity (Wildman–Crippen MR) is 88.1 cm³/mol. The number of nitrogens with zero attached hydrogens (tertiary/aromatic N) is 1. The molecule has 0 bridgehead atoms. The van der Waals surface area contributed by atoms with Crippen molar-refractivity contribution in [2.24, 2.45) is 17.6 Å². The van der Waals surface area contributed by atoms with E-state index >= 15 is 0 Å². The zero-order valence-corrected chi connectivity index (χ0v) is 13.4. The van der Waals surface area contributed by atoms with E-state index in [1.807, 2.05) is 4.90 Å². The first-order chi connectivity index (χ1) is 10.1. The van der Waals surface area contributed by atoms with Crippen LogP contribution in [0.15, 0.2) is 24.3 Å². The fourth-order valence-corrected chi connectivity index (χ4v) is 4.20. The van der Waals surface area contributed by atoms with Gasteiger partial charge in [0.15, 0.2) is 0 Å². The van der Waals surface area contributed by atoms with E-state index in [0.29, 0.717) is 11.7 Å². The maximum absolute atomic E-state index is 12.3. The number of carbonyl (C=O) groups is 1. The summed E-state index contributed by atoms with van der Waals surface area (Å²) >= 11 is 1.71. The van der Waals surface area contributed by atoms with Crippen molar-refractivity contribution >= 4 is 17.7 Å². The molecule has 1 aliphatic heterocycles. The molecule has 1 saturated heterocycles. The van der Waals surface area contributed by atoms with Gasteiger partial charge in [-0.25, -0.2) is 0 Å². The Hall–Kier alpha value is -1.00. The van der Waals surface area contributed by atoms with Crippen LogP contribution in [0.2, 0.25) is 0 Å². The molecule has 3 nitrogen and oxygen atoms in total. The number of hydrogen-bond donors (Lipinski definition) is 1. The third kappa shape index (κ3) is 3.61. The molecule has 3 rings (SSSR count). The first-order valence-electron chi connectivity index (χ1n) is 7.80. The van der Waals surface area contributed by atoms with Crippen LogP contribution in [-0.4, -0.2) is 35.7 Å². The van der Waals surface area contributed by atoms with E-state index in [4.69, 9.17) is 5.73 Å². The van der Waals surface area contributed by atoms with Gasteiger partial charge in [0.1, 0.15) is 0 Å². The Morgan fingerprint density at radius 2 is 2.10 bits per heavy atom. The molecule has 0 radical (unpaired) electrons. The molecule has 1 aromatic carbocycles. The second kappa shape index (κ2) is 6.41. The highest BCUT2D eigenvalue weighted by molar-refractivity contribution is 7.99. The molecule has 2 N–H and O–H groups in total. The van der Waals surface area contributed by atoms with Gasteiger partial charge in [0.05, 0.1) is 5.75 Å². The highest BCUT2D eigenvalue weighted by Gasteiger charge is 2.41. The lowest BCUT2D eigenvalue weighted by molar-refractivity contribution is -0.127. The smallest absolute Gasteiger partial charge is 0.232 e. The fourth-order valence-electron chi connectivity index (χ4n) is 3.19. The number of aryl methyl sites for hydroxylation is 1. The van der Waals surface area contributed by atoms with Crippen LogP contribution in [0.5, 0.6) is 0 Å². The Balaban J connectivity index is 1.45. The van der Waals surface area contributed by atoms with E-state index in [1.54, 1.807) is 11.8 Å². The quantitative estimate of drug-likeness (QED) is 0.909. The molecule has 4 heteroatoms. The van der Waals surface area contributed by atoms with Crippen LogP contribution in [0.1, 0.15) is 24.0 Å². The summed E-state index contributed by atoms with van der Waals surface area (Å²) in [6, 6.07) is 8.57. The van der Waals surface area contributed by atoms with Crippen LogP contribution < -0.4 is 5.73 Å². The molecule has 0 spiro atoms. The lowest BCUT2D eigenvalue weighted by Crippen LogP contribution is -2.33. The summed E-state index contributed by atoms with van der Waals surface area (Å²) in [5, 5.41) is 0. The molecule has 1 aliphatic carbocycles. The van der Waals surface area contributed by atoms with E-state index in [0.717, 1.165) is 24.8 Å². The van der Waals surface area contributed by atoms with Gasteiger partial charge in [-0.05, 0) is 42.7 Å². The third-order valence-corrected chi connectivity index (χ3v) is 5.70. The Kier molecular flexibility index (Phi) is 4.55. The van der Waals surface area contributed by atoms with Crippen molar-refractivity contribution in [3.05, 3.63) is 35.4 Å². The summed E-state index contributed by atoms with van der Waals surface area (Å²) in [5.41, 5.74) is 8.81. The molecule has 1 amide bonds. The summed E-state index contributed by atoms with van der Waals surface area (Å²) in [5.74, 6) is 3.07. The van der Waals surface area contributed by atoms with Crippen LogP contribution in [-0.2, 0) is 10.5 Å². The van der Waals surface area contributed by atoms with E-state index < -0.39 is 0 Å². The van der Waals surface area contributed by atoms with Crippen molar-refractivity contribution in [3.63, 3.8) is 0 Å². The Morgan fingerprint density at radius 3 is 2.81 bits per heavy atom. The molecule has 1 heterocycles. The van der Waals surface area contributed by atoms with E-state index in [1.165, 1.54) is 24.0 Å². The summed E-state index contributed by atoms with van der Waals surface area (Å²) in [7, 11) is 0. The zero-order valence-electron chi connectivity index (χ0n) is 12.6. The first kappa shape index (κ1) is 14.9. The SMILES string of the molecule is Cc1ccccc1CSCC(=O)N1CC(N)C(C2CC2)C1. The molecule has 114 valence electrons. The summed E-state index contributed by atoms with van der Waals surface area (Å²) in [6.45, 7) is 3.76. The van der Waals surface area contributed by atoms with Crippen molar-refractivity contribution in [2.45, 2.75) is 31.6 Å². The Morgan fingerprint density at radius 1 is 1.33 bits per heavy atom. The molecule has 2 fully saturated rings. The Labute approximate surface area is 131 Å². The lowest BCUT2D eigenvalue weighted by atomic mass is 9.99. The van der Waals surface area contributed by atoms with Crippen LogP contribution in [0.3, 0.4) is 0 Å². The fraction of sp³-hybridized carbons (Fsp3) is 0.588. The van der Waals surface area contributed by atoms with Gasteiger partial charge in [0.2, 0.25) is 5.91 Å². The van der Waals surface area contributed by atoms with Gasteiger partial charge in [-0.3, -0.25) is 4.79 Å². The number of nitrogens with two attached hydrogens (primary N) is 1. The van der Waals surface area contributed by atoms with Gasteiger partial charge in [-0.15, -0.1) is 11.8 Å². The van der Waals surface area contributed by atoms with Crippen LogP contribution in [0.25, 0.3) is 0 Å². The predicted octanol–water partition coefficient (Wildman–Crippen LogP) is 2.42. The van der Waals surface area contributed by atoms with Crippen molar-refractivity contribution in [3.8, 4) is 0 Å². The molecular formula is C17H24N2OS. The monoisotopic (exact) mass is 304 g/mol. The van der Waals surface area contributed by atoms with E-state index in [9.17, 15) is 4.79 Å². The molecule has 2 unspecified atom stereocenters. The zero-order chi connectivity index (χ0) is 14.8. The van der Waals surface area contributed by atoms with Crippen LogP contribution >= 0.6 is 11.8 Å². The number of thioether (sulfide) groups is 1. The number of likely N-dealkylation sites (tertiary alicyclic amines) is 1. The van der Waals surface area contributed by atoms with Gasteiger partial charge in [0.25, 0.3) is 0 Å².